The molecule has 0 saturated carbocycles. The number of pyridine rings is 1. The summed E-state index contributed by atoms with van der Waals surface area (Å²) in [5.41, 5.74) is 6.30. The number of nitrogens with two attached hydrogens (primary N) is 1. The van der Waals surface area contributed by atoms with Crippen LogP contribution in [-0.4, -0.2) is 35.6 Å². The summed E-state index contributed by atoms with van der Waals surface area (Å²) in [5, 5.41) is 0. The van der Waals surface area contributed by atoms with Gasteiger partial charge < -0.3 is 15.4 Å². The van der Waals surface area contributed by atoms with Crippen molar-refractivity contribution in [2.24, 2.45) is 5.73 Å². The zero-order valence-electron chi connectivity index (χ0n) is 10.5. The minimum Gasteiger partial charge on any atom is -0.465 e. The summed E-state index contributed by atoms with van der Waals surface area (Å²) in [4.78, 5) is 17.8. The molecule has 98 valence electrons. The summed E-state index contributed by atoms with van der Waals surface area (Å²) < 4.78 is 4.91. The van der Waals surface area contributed by atoms with Gasteiger partial charge in [0, 0.05) is 18.3 Å². The highest BCUT2D eigenvalue weighted by Gasteiger charge is 2.12. The van der Waals surface area contributed by atoms with E-state index in [1.165, 1.54) is 0 Å². The maximum absolute atomic E-state index is 11.5. The first-order valence-electron chi connectivity index (χ1n) is 5.74. The van der Waals surface area contributed by atoms with Crippen molar-refractivity contribution in [3.63, 3.8) is 0 Å². The average molecular weight is 267 g/mol. The van der Waals surface area contributed by atoms with E-state index in [1.54, 1.807) is 30.2 Å². The summed E-state index contributed by atoms with van der Waals surface area (Å²) in [6, 6.07) is 3.51. The van der Waals surface area contributed by atoms with Gasteiger partial charge in [0.05, 0.1) is 6.61 Å². The Morgan fingerprint density at radius 1 is 1.56 bits per heavy atom. The fourth-order valence-corrected chi connectivity index (χ4v) is 1.59. The van der Waals surface area contributed by atoms with Crippen molar-refractivity contribution in [1.82, 2.24) is 4.98 Å². The summed E-state index contributed by atoms with van der Waals surface area (Å²) in [7, 11) is 0. The molecule has 0 aliphatic carbocycles. The first-order valence-corrected chi connectivity index (χ1v) is 6.15. The van der Waals surface area contributed by atoms with Gasteiger partial charge in [-0.2, -0.15) is 0 Å². The number of aromatic nitrogens is 1. The lowest BCUT2D eigenvalue weighted by atomic mass is 10.2. The van der Waals surface area contributed by atoms with Crippen LogP contribution >= 0.6 is 12.2 Å². The van der Waals surface area contributed by atoms with E-state index in [0.717, 1.165) is 5.56 Å². The molecule has 6 heteroatoms. The summed E-state index contributed by atoms with van der Waals surface area (Å²) in [5.74, 6) is 0.387. The molecule has 0 aliphatic rings. The predicted molar refractivity (Wildman–Crippen MR) is 74.6 cm³/mol. The molecule has 18 heavy (non-hydrogen) atoms. The number of nitrogens with zero attached hydrogens (tertiary/aromatic N) is 2. The van der Waals surface area contributed by atoms with Gasteiger partial charge in [0.15, 0.2) is 0 Å². The molecule has 0 aliphatic heterocycles. The monoisotopic (exact) mass is 267 g/mol. The Labute approximate surface area is 112 Å². The molecule has 0 spiro atoms. The lowest BCUT2D eigenvalue weighted by molar-refractivity contribution is -0.141. The number of hydrogen-bond acceptors (Lipinski definition) is 5. The van der Waals surface area contributed by atoms with Crippen molar-refractivity contribution in [2.45, 2.75) is 13.8 Å². The van der Waals surface area contributed by atoms with Crippen LogP contribution in [-0.2, 0) is 9.53 Å². The molecule has 0 atom stereocenters. The van der Waals surface area contributed by atoms with Gasteiger partial charge >= 0.3 is 5.97 Å². The predicted octanol–water partition coefficient (Wildman–Crippen LogP) is 1.11. The van der Waals surface area contributed by atoms with Crippen LogP contribution in [0.15, 0.2) is 18.3 Å². The molecule has 0 amide bonds. The maximum Gasteiger partial charge on any atom is 0.325 e. The molecule has 1 heterocycles. The third-order valence-electron chi connectivity index (χ3n) is 2.36. The number of ether oxygens (including phenoxy) is 1. The van der Waals surface area contributed by atoms with Gasteiger partial charge in [-0.1, -0.05) is 12.2 Å². The lowest BCUT2D eigenvalue weighted by Gasteiger charge is -2.21. The Morgan fingerprint density at radius 3 is 2.83 bits per heavy atom. The molecule has 2 N–H and O–H groups in total. The van der Waals surface area contributed by atoms with Crippen LogP contribution in [0.5, 0.6) is 0 Å². The molecule has 0 radical (unpaired) electrons. The number of likely N-dealkylation sites (N-methyl/N-ethyl adjacent to an activating group) is 1. The minimum absolute atomic E-state index is 0.165. The van der Waals surface area contributed by atoms with E-state index in [0.29, 0.717) is 24.0 Å². The van der Waals surface area contributed by atoms with E-state index in [4.69, 9.17) is 22.7 Å². The van der Waals surface area contributed by atoms with Gasteiger partial charge in [0.1, 0.15) is 17.4 Å². The molecular weight excluding hydrogens is 250 g/mol. The second-order valence-electron chi connectivity index (χ2n) is 3.59. The summed E-state index contributed by atoms with van der Waals surface area (Å²) >= 11 is 4.91. The third-order valence-corrected chi connectivity index (χ3v) is 2.60. The zero-order valence-corrected chi connectivity index (χ0v) is 11.4. The van der Waals surface area contributed by atoms with Crippen molar-refractivity contribution >= 4 is 29.0 Å². The fraction of sp³-hybridized carbons (Fsp3) is 0.417. The molecule has 1 aromatic rings. The van der Waals surface area contributed by atoms with Crippen molar-refractivity contribution in [3.05, 3.63) is 23.9 Å². The Morgan fingerprint density at radius 2 is 2.28 bits per heavy atom. The number of carbonyl (C=O) groups is 1. The van der Waals surface area contributed by atoms with E-state index in [9.17, 15) is 4.79 Å². The van der Waals surface area contributed by atoms with Gasteiger partial charge in [0.2, 0.25) is 0 Å². The van der Waals surface area contributed by atoms with Crippen LogP contribution < -0.4 is 10.6 Å². The van der Waals surface area contributed by atoms with Crippen LogP contribution in [0.4, 0.5) is 5.82 Å². The number of anilines is 1. The van der Waals surface area contributed by atoms with Crippen LogP contribution in [0, 0.1) is 0 Å². The standard InChI is InChI=1S/C12H17N3O2S/c1-3-15(8-11(16)17-4-2)10-7-9(12(13)18)5-6-14-10/h5-7H,3-4,8H2,1-2H3,(H2,13,18). The van der Waals surface area contributed by atoms with Crippen LogP contribution in [0.2, 0.25) is 0 Å². The summed E-state index contributed by atoms with van der Waals surface area (Å²) in [6.07, 6.45) is 1.62. The quantitative estimate of drug-likeness (QED) is 0.615. The normalized spacial score (nSPS) is 9.89. The van der Waals surface area contributed by atoms with Gasteiger partial charge in [0.25, 0.3) is 0 Å². The highest BCUT2D eigenvalue weighted by Crippen LogP contribution is 2.12. The zero-order chi connectivity index (χ0) is 13.5. The van der Waals surface area contributed by atoms with Gasteiger partial charge in [-0.15, -0.1) is 0 Å². The second-order valence-corrected chi connectivity index (χ2v) is 4.03. The van der Waals surface area contributed by atoms with Gasteiger partial charge in [-0.3, -0.25) is 4.79 Å². The maximum atomic E-state index is 11.5. The molecule has 0 aromatic carbocycles. The fourth-order valence-electron chi connectivity index (χ4n) is 1.46. The largest absolute Gasteiger partial charge is 0.465 e. The number of hydrogen-bond donors (Lipinski definition) is 1. The Bertz CT molecular complexity index is 437. The molecule has 0 fully saturated rings. The van der Waals surface area contributed by atoms with Crippen molar-refractivity contribution < 1.29 is 9.53 Å². The van der Waals surface area contributed by atoms with E-state index in [1.807, 2.05) is 6.92 Å². The molecule has 0 saturated heterocycles. The van der Waals surface area contributed by atoms with E-state index < -0.39 is 0 Å². The molecule has 0 bridgehead atoms. The highest BCUT2D eigenvalue weighted by molar-refractivity contribution is 7.80. The SMILES string of the molecule is CCOC(=O)CN(CC)c1cc(C(N)=S)ccn1. The average Bonchev–Trinajstić information content (AvgIpc) is 2.36. The lowest BCUT2D eigenvalue weighted by Crippen LogP contribution is -2.31. The van der Waals surface area contributed by atoms with Crippen LogP contribution in [0.25, 0.3) is 0 Å². The number of carbonyl (C=O) groups excluding carboxylic acids is 1. The van der Waals surface area contributed by atoms with E-state index >= 15 is 0 Å². The number of esters is 1. The third kappa shape index (κ3) is 3.96. The van der Waals surface area contributed by atoms with Crippen molar-refractivity contribution in [1.29, 1.82) is 0 Å². The van der Waals surface area contributed by atoms with Crippen molar-refractivity contribution in [2.75, 3.05) is 24.6 Å². The molecule has 5 nitrogen and oxygen atoms in total. The van der Waals surface area contributed by atoms with Crippen LogP contribution in [0.1, 0.15) is 19.4 Å². The molecule has 1 aromatic heterocycles. The first kappa shape index (κ1) is 14.4. The van der Waals surface area contributed by atoms with E-state index in [-0.39, 0.29) is 12.5 Å². The first-order chi connectivity index (χ1) is 8.58. The number of rotatable bonds is 6. The smallest absolute Gasteiger partial charge is 0.325 e. The van der Waals surface area contributed by atoms with Crippen molar-refractivity contribution in [3.8, 4) is 0 Å². The second kappa shape index (κ2) is 6.90. The van der Waals surface area contributed by atoms with Gasteiger partial charge in [-0.05, 0) is 26.0 Å². The number of thiocarbonyl (C=S) groups is 1. The summed E-state index contributed by atoms with van der Waals surface area (Å²) in [6.45, 7) is 4.90. The minimum atomic E-state index is -0.276. The Hall–Kier alpha value is -1.69. The van der Waals surface area contributed by atoms with Gasteiger partial charge in [-0.25, -0.2) is 4.98 Å². The highest BCUT2D eigenvalue weighted by atomic mass is 32.1. The molecule has 1 rings (SSSR count). The Kier molecular flexibility index (Phi) is 5.51. The van der Waals surface area contributed by atoms with E-state index in [2.05, 4.69) is 4.98 Å². The Balaban J connectivity index is 2.84. The molecule has 0 unspecified atom stereocenters. The van der Waals surface area contributed by atoms with Crippen LogP contribution in [0.3, 0.4) is 0 Å². The molecular formula is C12H17N3O2S. The topological polar surface area (TPSA) is 68.5 Å².